The van der Waals surface area contributed by atoms with Crippen molar-refractivity contribution in [1.82, 2.24) is 24.3 Å². The van der Waals surface area contributed by atoms with Gasteiger partial charge in [-0.1, -0.05) is 6.07 Å². The maximum atomic E-state index is 15.1. The quantitative estimate of drug-likeness (QED) is 0.395. The van der Waals surface area contributed by atoms with E-state index in [2.05, 4.69) is 15.0 Å². The normalized spacial score (nSPS) is 27.0. The third-order valence-electron chi connectivity index (χ3n) is 8.26. The van der Waals surface area contributed by atoms with Crippen LogP contribution in [0.1, 0.15) is 71.1 Å². The average Bonchev–Trinajstić information content (AvgIpc) is 3.40. The van der Waals surface area contributed by atoms with Gasteiger partial charge in [0.05, 0.1) is 23.0 Å². The number of benzene rings is 1. The summed E-state index contributed by atoms with van der Waals surface area (Å²) in [5.74, 6) is -1.22. The Morgan fingerprint density at radius 3 is 2.60 bits per heavy atom. The summed E-state index contributed by atoms with van der Waals surface area (Å²) < 4.78 is 48.4. The highest BCUT2D eigenvalue weighted by molar-refractivity contribution is 5.98. The van der Waals surface area contributed by atoms with Gasteiger partial charge < -0.3 is 19.8 Å². The minimum absolute atomic E-state index is 0.0177. The van der Waals surface area contributed by atoms with Crippen molar-refractivity contribution in [2.75, 3.05) is 7.05 Å². The molecule has 12 heteroatoms. The molecule has 3 aliphatic rings. The Balaban J connectivity index is 1.34. The second-order valence-electron chi connectivity index (χ2n) is 11.1. The van der Waals surface area contributed by atoms with E-state index in [4.69, 9.17) is 4.74 Å². The van der Waals surface area contributed by atoms with Gasteiger partial charge >= 0.3 is 6.61 Å². The minimum Gasteiger partial charge on any atom is -0.434 e. The molecule has 0 saturated heterocycles. The van der Waals surface area contributed by atoms with Crippen LogP contribution >= 0.6 is 0 Å². The standard InChI is InChI=1S/C28H24F3N5O4/c1-27(38)11-28(39,12-27)23-17(29)6-13(8-32-23)14-9-33-26-34-21-18-7-16(22(21)36(26)10-14)20-15(24(37)35(18)2)4-3-5-19(20)40-25(30)31/h3-6,8-10,16,18,25,38-39H,7,11-12H2,1-2H3. The molecule has 1 fully saturated rings. The van der Waals surface area contributed by atoms with Gasteiger partial charge in [0.15, 0.2) is 0 Å². The molecule has 9 nitrogen and oxygen atoms in total. The van der Waals surface area contributed by atoms with E-state index < -0.39 is 35.6 Å². The number of carbonyl (C=O) groups is 1. The monoisotopic (exact) mass is 551 g/mol. The van der Waals surface area contributed by atoms with Gasteiger partial charge in [0.1, 0.15) is 22.9 Å². The smallest absolute Gasteiger partial charge is 0.387 e. The van der Waals surface area contributed by atoms with E-state index in [1.165, 1.54) is 30.6 Å². The van der Waals surface area contributed by atoms with Crippen LogP contribution < -0.4 is 4.74 Å². The molecular formula is C28H24F3N5O4. The molecule has 1 amide bonds. The van der Waals surface area contributed by atoms with Crippen molar-refractivity contribution < 1.29 is 32.9 Å². The summed E-state index contributed by atoms with van der Waals surface area (Å²) in [6, 6.07) is 5.40. The number of ether oxygens (including phenoxy) is 1. The average molecular weight is 552 g/mol. The van der Waals surface area contributed by atoms with E-state index in [0.717, 1.165) is 0 Å². The van der Waals surface area contributed by atoms with E-state index in [-0.39, 0.29) is 35.8 Å². The number of pyridine rings is 1. The van der Waals surface area contributed by atoms with Gasteiger partial charge in [-0.25, -0.2) is 14.4 Å². The molecular weight excluding hydrogens is 527 g/mol. The first-order valence-corrected chi connectivity index (χ1v) is 12.8. The predicted octanol–water partition coefficient (Wildman–Crippen LogP) is 3.93. The molecule has 2 N–H and O–H groups in total. The van der Waals surface area contributed by atoms with Crippen LogP contribution in [0.15, 0.2) is 42.9 Å². The topological polar surface area (TPSA) is 113 Å². The lowest BCUT2D eigenvalue weighted by Gasteiger charge is -2.47. The lowest BCUT2D eigenvalue weighted by Crippen LogP contribution is -2.53. The molecule has 3 aromatic heterocycles. The molecule has 0 radical (unpaired) electrons. The third kappa shape index (κ3) is 3.55. The molecule has 2 atom stereocenters. The molecule has 0 spiro atoms. The van der Waals surface area contributed by atoms with Crippen LogP contribution in [0.3, 0.4) is 0 Å². The molecule has 40 heavy (non-hydrogen) atoms. The summed E-state index contributed by atoms with van der Waals surface area (Å²) in [6.45, 7) is -1.49. The van der Waals surface area contributed by atoms with E-state index >= 15 is 4.39 Å². The Morgan fingerprint density at radius 2 is 1.90 bits per heavy atom. The Bertz CT molecular complexity index is 1710. The van der Waals surface area contributed by atoms with Crippen LogP contribution in [0, 0.1) is 5.82 Å². The van der Waals surface area contributed by atoms with Crippen molar-refractivity contribution in [2.45, 2.75) is 56.0 Å². The fourth-order valence-corrected chi connectivity index (χ4v) is 6.69. The Hall–Kier alpha value is -4.03. The molecule has 7 rings (SSSR count). The molecule has 1 aliphatic heterocycles. The molecule has 206 valence electrons. The van der Waals surface area contributed by atoms with Crippen molar-refractivity contribution in [2.24, 2.45) is 0 Å². The first-order chi connectivity index (χ1) is 19.0. The number of carbonyl (C=O) groups excluding carboxylic acids is 1. The van der Waals surface area contributed by atoms with Gasteiger partial charge in [-0.2, -0.15) is 8.78 Å². The first kappa shape index (κ1) is 25.0. The van der Waals surface area contributed by atoms with Crippen molar-refractivity contribution in [3.8, 4) is 16.9 Å². The highest BCUT2D eigenvalue weighted by Crippen LogP contribution is 2.52. The fraction of sp³-hybridized carbons (Fsp3) is 0.357. The van der Waals surface area contributed by atoms with Gasteiger partial charge in [0.2, 0.25) is 5.78 Å². The van der Waals surface area contributed by atoms with Gasteiger partial charge in [0.25, 0.3) is 5.91 Å². The van der Waals surface area contributed by atoms with Crippen LogP contribution in [-0.2, 0) is 5.60 Å². The van der Waals surface area contributed by atoms with Crippen LogP contribution in [0.2, 0.25) is 0 Å². The van der Waals surface area contributed by atoms with Crippen molar-refractivity contribution >= 4 is 11.7 Å². The zero-order valence-corrected chi connectivity index (χ0v) is 21.5. The first-order valence-electron chi connectivity index (χ1n) is 12.8. The van der Waals surface area contributed by atoms with Crippen LogP contribution in [-0.4, -0.2) is 59.6 Å². The summed E-state index contributed by atoms with van der Waals surface area (Å²) in [4.78, 5) is 28.2. The number of amides is 1. The lowest BCUT2D eigenvalue weighted by atomic mass is 9.66. The number of hydrogen-bond donors (Lipinski definition) is 2. The molecule has 1 aromatic carbocycles. The third-order valence-corrected chi connectivity index (χ3v) is 8.26. The maximum absolute atomic E-state index is 15.1. The summed E-state index contributed by atoms with van der Waals surface area (Å²) in [6.07, 6.45) is 5.07. The molecule has 2 bridgehead atoms. The Morgan fingerprint density at radius 1 is 1.15 bits per heavy atom. The predicted molar refractivity (Wildman–Crippen MR) is 134 cm³/mol. The van der Waals surface area contributed by atoms with Gasteiger partial charge in [0, 0.05) is 66.7 Å². The second-order valence-corrected chi connectivity index (χ2v) is 11.1. The lowest BCUT2D eigenvalue weighted by molar-refractivity contribution is -0.179. The number of aliphatic hydroxyl groups is 2. The number of rotatable bonds is 4. The number of alkyl halides is 2. The highest BCUT2D eigenvalue weighted by atomic mass is 19.3. The van der Waals surface area contributed by atoms with Gasteiger partial charge in [-0.05, 0) is 31.5 Å². The number of fused-ring (bicyclic) bond motifs is 9. The zero-order chi connectivity index (χ0) is 28.1. The Kier molecular flexibility index (Phi) is 5.15. The Labute approximate surface area is 225 Å². The van der Waals surface area contributed by atoms with E-state index in [9.17, 15) is 23.8 Å². The van der Waals surface area contributed by atoms with Gasteiger partial charge in [-0.15, -0.1) is 0 Å². The van der Waals surface area contributed by atoms with Crippen LogP contribution in [0.25, 0.3) is 16.9 Å². The molecule has 1 saturated carbocycles. The second kappa shape index (κ2) is 8.24. The molecule has 2 unspecified atom stereocenters. The number of aromatic nitrogens is 4. The maximum Gasteiger partial charge on any atom is 0.387 e. The highest BCUT2D eigenvalue weighted by Gasteiger charge is 2.53. The number of nitrogens with zero attached hydrogens (tertiary/aromatic N) is 5. The summed E-state index contributed by atoms with van der Waals surface area (Å²) in [5.41, 5.74) is 0.138. The zero-order valence-electron chi connectivity index (χ0n) is 21.5. The van der Waals surface area contributed by atoms with Crippen LogP contribution in [0.5, 0.6) is 5.75 Å². The molecule has 4 heterocycles. The minimum atomic E-state index is -3.07. The SMILES string of the molecule is CN1C(=O)c2cccc(OC(F)F)c2C2CC1c1nc3ncc(-c4cnc(C5(O)CC(C)(O)C5)c(F)c4)cn3c12. The number of halogens is 3. The summed E-state index contributed by atoms with van der Waals surface area (Å²) >= 11 is 0. The number of hydrogen-bond acceptors (Lipinski definition) is 7. The van der Waals surface area contributed by atoms with Crippen molar-refractivity contribution in [3.05, 3.63) is 76.9 Å². The van der Waals surface area contributed by atoms with E-state index in [1.807, 2.05) is 0 Å². The van der Waals surface area contributed by atoms with E-state index in [1.54, 1.807) is 35.5 Å². The fourth-order valence-electron chi connectivity index (χ4n) is 6.69. The largest absolute Gasteiger partial charge is 0.434 e. The molecule has 2 aliphatic carbocycles. The molecule has 4 aromatic rings. The number of imidazole rings is 1. The van der Waals surface area contributed by atoms with Crippen molar-refractivity contribution in [3.63, 3.8) is 0 Å². The van der Waals surface area contributed by atoms with Crippen LogP contribution in [0.4, 0.5) is 13.2 Å². The van der Waals surface area contributed by atoms with Gasteiger partial charge in [-0.3, -0.25) is 14.2 Å². The summed E-state index contributed by atoms with van der Waals surface area (Å²) in [5, 5.41) is 20.7. The summed E-state index contributed by atoms with van der Waals surface area (Å²) in [7, 11) is 1.66. The van der Waals surface area contributed by atoms with E-state index in [0.29, 0.717) is 40.3 Å². The van der Waals surface area contributed by atoms with Crippen molar-refractivity contribution in [1.29, 1.82) is 0 Å².